The van der Waals surface area contributed by atoms with Crippen molar-refractivity contribution in [1.29, 1.82) is 0 Å². The number of fused-ring (bicyclic) bond motifs is 1. The van der Waals surface area contributed by atoms with Crippen molar-refractivity contribution in [2.24, 2.45) is 0 Å². The summed E-state index contributed by atoms with van der Waals surface area (Å²) in [6, 6.07) is 9.19. The molecule has 3 rings (SSSR count). The van der Waals surface area contributed by atoms with Crippen LogP contribution in [0.3, 0.4) is 0 Å². The van der Waals surface area contributed by atoms with Crippen molar-refractivity contribution in [2.45, 2.75) is 12.8 Å². The van der Waals surface area contributed by atoms with E-state index in [0.717, 1.165) is 36.2 Å². The Labute approximate surface area is 120 Å². The average Bonchev–Trinajstić information content (AvgIpc) is 2.51. The predicted octanol–water partition coefficient (Wildman–Crippen LogP) is 3.26. The van der Waals surface area contributed by atoms with Gasteiger partial charge in [-0.2, -0.15) is 0 Å². The molecule has 1 aliphatic rings. The third-order valence-electron chi connectivity index (χ3n) is 3.62. The SMILES string of the molecule is O=C(c1cc(F)c(O)c(F)c1)N1CCCc2ccccc21. The highest BCUT2D eigenvalue weighted by Crippen LogP contribution is 2.29. The van der Waals surface area contributed by atoms with Crippen LogP contribution < -0.4 is 4.90 Å². The summed E-state index contributed by atoms with van der Waals surface area (Å²) >= 11 is 0. The first-order valence-corrected chi connectivity index (χ1v) is 6.65. The second-order valence-electron chi connectivity index (χ2n) is 4.98. The number of halogens is 2. The molecule has 5 heteroatoms. The molecule has 0 saturated heterocycles. The number of hydrogen-bond acceptors (Lipinski definition) is 2. The molecule has 1 aliphatic heterocycles. The van der Waals surface area contributed by atoms with E-state index in [1.807, 2.05) is 24.3 Å². The number of rotatable bonds is 1. The minimum atomic E-state index is -1.14. The number of phenols is 1. The Hall–Kier alpha value is -2.43. The Kier molecular flexibility index (Phi) is 3.33. The maximum absolute atomic E-state index is 13.4. The first-order chi connectivity index (χ1) is 10.1. The number of para-hydroxylation sites is 1. The topological polar surface area (TPSA) is 40.5 Å². The highest BCUT2D eigenvalue weighted by molar-refractivity contribution is 6.06. The first kappa shape index (κ1) is 13.5. The van der Waals surface area contributed by atoms with Gasteiger partial charge in [0.25, 0.3) is 5.91 Å². The van der Waals surface area contributed by atoms with Gasteiger partial charge in [0.15, 0.2) is 17.4 Å². The molecule has 0 unspecified atom stereocenters. The van der Waals surface area contributed by atoms with E-state index in [9.17, 15) is 13.6 Å². The zero-order valence-electron chi connectivity index (χ0n) is 11.1. The molecule has 108 valence electrons. The number of benzene rings is 2. The van der Waals surface area contributed by atoms with Crippen LogP contribution >= 0.6 is 0 Å². The molecular weight excluding hydrogens is 276 g/mol. The van der Waals surface area contributed by atoms with Gasteiger partial charge in [-0.1, -0.05) is 18.2 Å². The van der Waals surface area contributed by atoms with E-state index in [0.29, 0.717) is 6.54 Å². The van der Waals surface area contributed by atoms with Gasteiger partial charge in [0.1, 0.15) is 0 Å². The van der Waals surface area contributed by atoms with E-state index in [1.54, 1.807) is 0 Å². The van der Waals surface area contributed by atoms with Crippen LogP contribution in [-0.2, 0) is 6.42 Å². The third kappa shape index (κ3) is 2.35. The quantitative estimate of drug-likeness (QED) is 0.875. The van der Waals surface area contributed by atoms with Gasteiger partial charge in [0, 0.05) is 17.8 Å². The van der Waals surface area contributed by atoms with Crippen LogP contribution in [0.5, 0.6) is 5.75 Å². The van der Waals surface area contributed by atoms with Gasteiger partial charge in [-0.25, -0.2) is 8.78 Å². The third-order valence-corrected chi connectivity index (χ3v) is 3.62. The lowest BCUT2D eigenvalue weighted by atomic mass is 10.0. The van der Waals surface area contributed by atoms with E-state index in [-0.39, 0.29) is 5.56 Å². The molecule has 1 heterocycles. The van der Waals surface area contributed by atoms with Gasteiger partial charge in [-0.3, -0.25) is 4.79 Å². The summed E-state index contributed by atoms with van der Waals surface area (Å²) in [5.41, 5.74) is 1.69. The van der Waals surface area contributed by atoms with Crippen LogP contribution in [0, 0.1) is 11.6 Å². The Bertz CT molecular complexity index is 692. The van der Waals surface area contributed by atoms with E-state index in [1.165, 1.54) is 4.90 Å². The average molecular weight is 289 g/mol. The van der Waals surface area contributed by atoms with Crippen LogP contribution in [-0.4, -0.2) is 17.6 Å². The lowest BCUT2D eigenvalue weighted by molar-refractivity contribution is 0.0984. The fourth-order valence-corrected chi connectivity index (χ4v) is 2.59. The molecule has 0 fully saturated rings. The van der Waals surface area contributed by atoms with E-state index < -0.39 is 23.3 Å². The number of aromatic hydroxyl groups is 1. The fraction of sp³-hybridized carbons (Fsp3) is 0.188. The maximum atomic E-state index is 13.4. The molecule has 0 bridgehead atoms. The number of phenolic OH excluding ortho intramolecular Hbond substituents is 1. The van der Waals surface area contributed by atoms with Crippen LogP contribution in [0.1, 0.15) is 22.3 Å². The van der Waals surface area contributed by atoms with E-state index >= 15 is 0 Å². The molecule has 0 saturated carbocycles. The lowest BCUT2D eigenvalue weighted by Gasteiger charge is -2.29. The Balaban J connectivity index is 2.00. The molecule has 1 amide bonds. The normalized spacial score (nSPS) is 13.9. The Morgan fingerprint density at radius 2 is 1.81 bits per heavy atom. The molecule has 1 N–H and O–H groups in total. The van der Waals surface area contributed by atoms with Crippen LogP contribution in [0.15, 0.2) is 36.4 Å². The monoisotopic (exact) mass is 289 g/mol. The number of carbonyl (C=O) groups excluding carboxylic acids is 1. The van der Waals surface area contributed by atoms with Crippen molar-refractivity contribution in [3.8, 4) is 5.75 Å². The highest BCUT2D eigenvalue weighted by Gasteiger charge is 2.24. The number of nitrogens with zero attached hydrogens (tertiary/aromatic N) is 1. The predicted molar refractivity (Wildman–Crippen MR) is 74.5 cm³/mol. The molecule has 0 radical (unpaired) electrons. The van der Waals surface area contributed by atoms with Crippen molar-refractivity contribution in [1.82, 2.24) is 0 Å². The highest BCUT2D eigenvalue weighted by atomic mass is 19.1. The zero-order valence-corrected chi connectivity index (χ0v) is 11.1. The number of carbonyl (C=O) groups is 1. The minimum Gasteiger partial charge on any atom is -0.503 e. The van der Waals surface area contributed by atoms with Crippen molar-refractivity contribution in [3.05, 3.63) is 59.2 Å². The van der Waals surface area contributed by atoms with Gasteiger partial charge in [0.05, 0.1) is 0 Å². The van der Waals surface area contributed by atoms with Gasteiger partial charge in [0.2, 0.25) is 0 Å². The summed E-state index contributed by atoms with van der Waals surface area (Å²) in [6.45, 7) is 0.500. The number of aryl methyl sites for hydroxylation is 1. The summed E-state index contributed by atoms with van der Waals surface area (Å²) in [6.07, 6.45) is 1.67. The largest absolute Gasteiger partial charge is 0.503 e. The standard InChI is InChI=1S/C16H13F2NO2/c17-12-8-11(9-13(18)15(12)20)16(21)19-7-3-5-10-4-1-2-6-14(10)19/h1-2,4,6,8-9,20H,3,5,7H2. The molecule has 0 atom stereocenters. The fourth-order valence-electron chi connectivity index (χ4n) is 2.59. The molecule has 2 aromatic carbocycles. The molecule has 21 heavy (non-hydrogen) atoms. The number of anilines is 1. The second-order valence-corrected chi connectivity index (χ2v) is 4.98. The molecule has 0 spiro atoms. The van der Waals surface area contributed by atoms with E-state index in [4.69, 9.17) is 5.11 Å². The molecule has 2 aromatic rings. The van der Waals surface area contributed by atoms with Gasteiger partial charge in [-0.15, -0.1) is 0 Å². The first-order valence-electron chi connectivity index (χ1n) is 6.65. The van der Waals surface area contributed by atoms with Crippen molar-refractivity contribution < 1.29 is 18.7 Å². The zero-order chi connectivity index (χ0) is 15.0. The van der Waals surface area contributed by atoms with Crippen LogP contribution in [0.25, 0.3) is 0 Å². The van der Waals surface area contributed by atoms with Crippen molar-refractivity contribution >= 4 is 11.6 Å². The minimum absolute atomic E-state index is 0.112. The van der Waals surface area contributed by atoms with E-state index in [2.05, 4.69) is 0 Å². The Morgan fingerprint density at radius 1 is 1.14 bits per heavy atom. The summed E-state index contributed by atoms with van der Waals surface area (Å²) in [7, 11) is 0. The van der Waals surface area contributed by atoms with Crippen molar-refractivity contribution in [2.75, 3.05) is 11.4 Å². The molecule has 0 aromatic heterocycles. The summed E-state index contributed by atoms with van der Waals surface area (Å²) in [5, 5.41) is 9.11. The van der Waals surface area contributed by atoms with Gasteiger partial charge < -0.3 is 10.0 Å². The van der Waals surface area contributed by atoms with Gasteiger partial charge in [-0.05, 0) is 36.6 Å². The summed E-state index contributed by atoms with van der Waals surface area (Å²) in [5.74, 6) is -3.81. The van der Waals surface area contributed by atoms with Crippen LogP contribution in [0.2, 0.25) is 0 Å². The molecule has 3 nitrogen and oxygen atoms in total. The molecule has 0 aliphatic carbocycles. The smallest absolute Gasteiger partial charge is 0.258 e. The van der Waals surface area contributed by atoms with Crippen molar-refractivity contribution in [3.63, 3.8) is 0 Å². The Morgan fingerprint density at radius 3 is 2.52 bits per heavy atom. The second kappa shape index (κ2) is 5.16. The lowest BCUT2D eigenvalue weighted by Crippen LogP contribution is -2.35. The summed E-state index contributed by atoms with van der Waals surface area (Å²) < 4.78 is 26.8. The number of hydrogen-bond donors (Lipinski definition) is 1. The molecular formula is C16H13F2NO2. The van der Waals surface area contributed by atoms with Gasteiger partial charge >= 0.3 is 0 Å². The number of amides is 1. The van der Waals surface area contributed by atoms with Crippen LogP contribution in [0.4, 0.5) is 14.5 Å². The summed E-state index contributed by atoms with van der Waals surface area (Å²) in [4.78, 5) is 14.0. The maximum Gasteiger partial charge on any atom is 0.258 e.